The van der Waals surface area contributed by atoms with E-state index in [1.807, 2.05) is 6.07 Å². The number of hydrogen-bond acceptors (Lipinski definition) is 4. The first-order chi connectivity index (χ1) is 7.80. The summed E-state index contributed by atoms with van der Waals surface area (Å²) < 4.78 is 35.8. The number of sulfone groups is 1. The molecule has 0 amide bonds. The molecule has 2 rings (SSSR count). The van der Waals surface area contributed by atoms with E-state index < -0.39 is 32.4 Å². The Morgan fingerprint density at radius 3 is 2.29 bits per heavy atom. The van der Waals surface area contributed by atoms with Crippen molar-refractivity contribution in [3.05, 3.63) is 35.6 Å². The van der Waals surface area contributed by atoms with Crippen molar-refractivity contribution in [2.24, 2.45) is 5.73 Å². The van der Waals surface area contributed by atoms with Crippen LogP contribution in [0.5, 0.6) is 0 Å². The highest BCUT2D eigenvalue weighted by molar-refractivity contribution is 7.91. The van der Waals surface area contributed by atoms with Crippen LogP contribution in [0.15, 0.2) is 24.3 Å². The Balaban J connectivity index is 2.42. The highest BCUT2D eigenvalue weighted by Gasteiger charge is 2.69. The zero-order valence-electron chi connectivity index (χ0n) is 9.09. The molecule has 90 valence electrons. The largest absolute Gasteiger partial charge is 0.312 e. The van der Waals surface area contributed by atoms with Gasteiger partial charge in [0.2, 0.25) is 0 Å². The lowest BCUT2D eigenvalue weighted by Crippen LogP contribution is -2.28. The molecule has 6 heteroatoms. The Bertz CT molecular complexity index is 591. The smallest absolute Gasteiger partial charge is 0.153 e. The van der Waals surface area contributed by atoms with Crippen LogP contribution in [0.1, 0.15) is 11.5 Å². The molecule has 4 nitrogen and oxygen atoms in total. The van der Waals surface area contributed by atoms with Gasteiger partial charge in [0.25, 0.3) is 0 Å². The molecule has 2 N–H and O–H groups in total. The molecule has 1 saturated carbocycles. The molecule has 0 heterocycles. The van der Waals surface area contributed by atoms with Gasteiger partial charge in [0.05, 0.1) is 6.07 Å². The van der Waals surface area contributed by atoms with Gasteiger partial charge in [0.15, 0.2) is 9.84 Å². The summed E-state index contributed by atoms with van der Waals surface area (Å²) in [6.07, 6.45) is 1.06. The van der Waals surface area contributed by atoms with Gasteiger partial charge in [0, 0.05) is 12.2 Å². The second kappa shape index (κ2) is 3.52. The number of hydrogen-bond donors (Lipinski definition) is 1. The molecule has 1 aromatic rings. The number of nitriles is 1. The highest BCUT2D eigenvalue weighted by Crippen LogP contribution is 2.53. The van der Waals surface area contributed by atoms with E-state index in [1.165, 1.54) is 24.3 Å². The van der Waals surface area contributed by atoms with Crippen molar-refractivity contribution in [2.45, 2.75) is 16.7 Å². The van der Waals surface area contributed by atoms with Gasteiger partial charge in [-0.15, -0.1) is 0 Å². The number of rotatable bonds is 2. The third-order valence-electron chi connectivity index (χ3n) is 3.06. The van der Waals surface area contributed by atoms with Crippen LogP contribution in [0, 0.1) is 17.1 Å². The zero-order valence-corrected chi connectivity index (χ0v) is 9.91. The van der Waals surface area contributed by atoms with Gasteiger partial charge in [0.1, 0.15) is 16.6 Å². The second-order valence-electron chi connectivity index (χ2n) is 4.32. The summed E-state index contributed by atoms with van der Waals surface area (Å²) in [6, 6.07) is 7.22. The standard InChI is InChI=1S/C11H11FN2O2S/c1-17(15,16)10-9(11(10,14)6-13)7-2-4-8(12)5-3-7/h2-5,9-10H,14H2,1H3/t9-,10+,11+/m0/s1. The van der Waals surface area contributed by atoms with Crippen LogP contribution in [0.4, 0.5) is 4.39 Å². The van der Waals surface area contributed by atoms with E-state index >= 15 is 0 Å². The van der Waals surface area contributed by atoms with Crippen molar-refractivity contribution >= 4 is 9.84 Å². The van der Waals surface area contributed by atoms with Crippen LogP contribution in [-0.4, -0.2) is 25.5 Å². The summed E-state index contributed by atoms with van der Waals surface area (Å²) in [4.78, 5) is 0. The first-order valence-corrected chi connectivity index (χ1v) is 6.90. The van der Waals surface area contributed by atoms with Crippen LogP contribution >= 0.6 is 0 Å². The van der Waals surface area contributed by atoms with Crippen LogP contribution < -0.4 is 5.73 Å². The molecule has 0 unspecified atom stereocenters. The van der Waals surface area contributed by atoms with Crippen LogP contribution in [-0.2, 0) is 9.84 Å². The predicted octanol–water partition coefficient (Wildman–Crippen LogP) is 0.557. The molecule has 3 atom stereocenters. The summed E-state index contributed by atoms with van der Waals surface area (Å²) in [5.41, 5.74) is 4.93. The van der Waals surface area contributed by atoms with Crippen molar-refractivity contribution < 1.29 is 12.8 Å². The Morgan fingerprint density at radius 2 is 1.94 bits per heavy atom. The lowest BCUT2D eigenvalue weighted by atomic mass is 10.1. The summed E-state index contributed by atoms with van der Waals surface area (Å²) in [7, 11) is -3.40. The second-order valence-corrected chi connectivity index (χ2v) is 6.49. The van der Waals surface area contributed by atoms with Crippen molar-refractivity contribution in [1.82, 2.24) is 0 Å². The fourth-order valence-corrected chi connectivity index (χ4v) is 3.94. The predicted molar refractivity (Wildman–Crippen MR) is 60.3 cm³/mol. The van der Waals surface area contributed by atoms with Gasteiger partial charge in [-0.3, -0.25) is 0 Å². The zero-order chi connectivity index (χ0) is 12.8. The maximum Gasteiger partial charge on any atom is 0.153 e. The maximum absolute atomic E-state index is 12.8. The van der Waals surface area contributed by atoms with E-state index in [9.17, 15) is 12.8 Å². The Hall–Kier alpha value is -1.45. The van der Waals surface area contributed by atoms with Gasteiger partial charge in [-0.05, 0) is 17.7 Å². The molecule has 1 aliphatic rings. The Labute approximate surface area is 98.8 Å². The first kappa shape index (κ1) is 12.0. The fraction of sp³-hybridized carbons (Fsp3) is 0.364. The van der Waals surface area contributed by atoms with Crippen LogP contribution in [0.2, 0.25) is 0 Å². The molecule has 1 fully saturated rings. The minimum atomic E-state index is -3.40. The average Bonchev–Trinajstić information content (AvgIpc) is 2.87. The number of nitrogens with zero attached hydrogens (tertiary/aromatic N) is 1. The molecule has 0 saturated heterocycles. The molecular weight excluding hydrogens is 243 g/mol. The number of benzene rings is 1. The minimum absolute atomic E-state index is 0.412. The van der Waals surface area contributed by atoms with Crippen molar-refractivity contribution in [1.29, 1.82) is 5.26 Å². The van der Waals surface area contributed by atoms with Crippen molar-refractivity contribution in [2.75, 3.05) is 6.26 Å². The van der Waals surface area contributed by atoms with Gasteiger partial charge in [-0.25, -0.2) is 12.8 Å². The monoisotopic (exact) mass is 254 g/mol. The van der Waals surface area contributed by atoms with Crippen LogP contribution in [0.25, 0.3) is 0 Å². The quantitative estimate of drug-likeness (QED) is 0.835. The summed E-state index contributed by atoms with van der Waals surface area (Å²) in [5.74, 6) is -0.993. The van der Waals surface area contributed by atoms with Gasteiger partial charge >= 0.3 is 0 Å². The molecule has 0 aliphatic heterocycles. The van der Waals surface area contributed by atoms with E-state index in [4.69, 9.17) is 11.0 Å². The van der Waals surface area contributed by atoms with Gasteiger partial charge in [-0.2, -0.15) is 5.26 Å². The molecule has 1 aliphatic carbocycles. The average molecular weight is 254 g/mol. The lowest BCUT2D eigenvalue weighted by Gasteiger charge is -2.00. The highest BCUT2D eigenvalue weighted by atomic mass is 32.2. The topological polar surface area (TPSA) is 83.9 Å². The van der Waals surface area contributed by atoms with Gasteiger partial charge in [-0.1, -0.05) is 12.1 Å². The molecule has 0 radical (unpaired) electrons. The van der Waals surface area contributed by atoms with E-state index in [2.05, 4.69) is 0 Å². The minimum Gasteiger partial charge on any atom is -0.312 e. The maximum atomic E-state index is 12.8. The van der Waals surface area contributed by atoms with Crippen molar-refractivity contribution in [3.63, 3.8) is 0 Å². The molecule has 1 aromatic carbocycles. The first-order valence-electron chi connectivity index (χ1n) is 4.95. The molecule has 0 aromatic heterocycles. The van der Waals surface area contributed by atoms with E-state index in [-0.39, 0.29) is 0 Å². The van der Waals surface area contributed by atoms with E-state index in [1.54, 1.807) is 0 Å². The molecular formula is C11H11FN2O2S. The SMILES string of the molecule is CS(=O)(=O)[C@@H]1[C@H](c2ccc(F)cc2)[C@]1(N)C#N. The Kier molecular flexibility index (Phi) is 2.49. The van der Waals surface area contributed by atoms with E-state index in [0.29, 0.717) is 5.56 Å². The molecule has 0 bridgehead atoms. The Morgan fingerprint density at radius 1 is 1.41 bits per heavy atom. The third-order valence-corrected chi connectivity index (χ3v) is 4.65. The normalized spacial score (nSPS) is 31.9. The fourth-order valence-electron chi connectivity index (χ4n) is 2.23. The third kappa shape index (κ3) is 1.81. The lowest BCUT2D eigenvalue weighted by molar-refractivity contribution is 0.597. The van der Waals surface area contributed by atoms with Crippen LogP contribution in [0.3, 0.4) is 0 Å². The number of nitrogens with two attached hydrogens (primary N) is 1. The summed E-state index contributed by atoms with van der Waals surface area (Å²) in [5, 5.41) is 8.06. The molecule has 0 spiro atoms. The number of halogens is 1. The van der Waals surface area contributed by atoms with E-state index in [0.717, 1.165) is 6.26 Å². The molecule has 17 heavy (non-hydrogen) atoms. The van der Waals surface area contributed by atoms with Crippen molar-refractivity contribution in [3.8, 4) is 6.07 Å². The van der Waals surface area contributed by atoms with Gasteiger partial charge < -0.3 is 5.73 Å². The summed E-state index contributed by atoms with van der Waals surface area (Å²) >= 11 is 0. The summed E-state index contributed by atoms with van der Waals surface area (Å²) in [6.45, 7) is 0.